The minimum absolute atomic E-state index is 0.117. The lowest BCUT2D eigenvalue weighted by molar-refractivity contribution is 0.0917. The van der Waals surface area contributed by atoms with Crippen molar-refractivity contribution in [2.75, 3.05) is 13.1 Å². The van der Waals surface area contributed by atoms with Gasteiger partial charge in [-0.2, -0.15) is 0 Å². The zero-order valence-electron chi connectivity index (χ0n) is 14.3. The molecule has 0 bridgehead atoms. The van der Waals surface area contributed by atoms with Crippen molar-refractivity contribution in [2.45, 2.75) is 12.6 Å². The molecular weight excluding hydrogens is 331 g/mol. The molecule has 0 saturated carbocycles. The van der Waals surface area contributed by atoms with Crippen molar-refractivity contribution in [2.24, 2.45) is 0 Å². The van der Waals surface area contributed by atoms with Crippen LogP contribution in [0.4, 0.5) is 4.39 Å². The maximum Gasteiger partial charge on any atom is 0.252 e. The SMILES string of the molecule is O=C(NCC(O)CNCc1ccccc1)c1ccc(F)c2ccccc12. The van der Waals surface area contributed by atoms with Gasteiger partial charge in [-0.3, -0.25) is 4.79 Å². The fraction of sp³-hybridized carbons (Fsp3) is 0.190. The van der Waals surface area contributed by atoms with Crippen LogP contribution >= 0.6 is 0 Å². The molecule has 0 aliphatic heterocycles. The smallest absolute Gasteiger partial charge is 0.252 e. The molecule has 3 rings (SSSR count). The number of hydrogen-bond acceptors (Lipinski definition) is 3. The van der Waals surface area contributed by atoms with Crippen molar-refractivity contribution in [3.05, 3.63) is 83.7 Å². The third-order valence-electron chi connectivity index (χ3n) is 4.17. The van der Waals surface area contributed by atoms with E-state index in [2.05, 4.69) is 10.6 Å². The Kier molecular flexibility index (Phi) is 5.94. The number of carbonyl (C=O) groups is 1. The number of rotatable bonds is 7. The summed E-state index contributed by atoms with van der Waals surface area (Å²) in [5, 5.41) is 16.9. The highest BCUT2D eigenvalue weighted by Gasteiger charge is 2.13. The number of amides is 1. The number of aliphatic hydroxyl groups excluding tert-OH is 1. The van der Waals surface area contributed by atoms with Gasteiger partial charge >= 0.3 is 0 Å². The average Bonchev–Trinajstić information content (AvgIpc) is 2.67. The van der Waals surface area contributed by atoms with Gasteiger partial charge in [-0.15, -0.1) is 0 Å². The Morgan fingerprint density at radius 1 is 0.923 bits per heavy atom. The first-order valence-corrected chi connectivity index (χ1v) is 8.53. The average molecular weight is 352 g/mol. The van der Waals surface area contributed by atoms with Gasteiger partial charge in [-0.25, -0.2) is 4.39 Å². The number of nitrogens with one attached hydrogen (secondary N) is 2. The van der Waals surface area contributed by atoms with E-state index in [1.54, 1.807) is 24.3 Å². The molecule has 1 unspecified atom stereocenters. The summed E-state index contributed by atoms with van der Waals surface area (Å²) in [7, 11) is 0. The standard InChI is InChI=1S/C21H21FN2O2/c22-20-11-10-19(17-8-4-5-9-18(17)20)21(26)24-14-16(25)13-23-12-15-6-2-1-3-7-15/h1-11,16,23,25H,12-14H2,(H,24,26). The van der Waals surface area contributed by atoms with E-state index in [9.17, 15) is 14.3 Å². The minimum Gasteiger partial charge on any atom is -0.390 e. The summed E-state index contributed by atoms with van der Waals surface area (Å²) < 4.78 is 13.8. The molecule has 1 amide bonds. The molecule has 0 spiro atoms. The summed E-state index contributed by atoms with van der Waals surface area (Å²) in [5.41, 5.74) is 1.52. The van der Waals surface area contributed by atoms with Crippen LogP contribution in [0.5, 0.6) is 0 Å². The van der Waals surface area contributed by atoms with E-state index in [1.807, 2.05) is 30.3 Å². The second-order valence-electron chi connectivity index (χ2n) is 6.12. The number of halogens is 1. The predicted molar refractivity (Wildman–Crippen MR) is 100 cm³/mol. The zero-order chi connectivity index (χ0) is 18.4. The Hall–Kier alpha value is -2.76. The Morgan fingerprint density at radius 3 is 2.38 bits per heavy atom. The number of benzene rings is 3. The zero-order valence-corrected chi connectivity index (χ0v) is 14.3. The maximum atomic E-state index is 13.8. The van der Waals surface area contributed by atoms with Crippen LogP contribution in [-0.4, -0.2) is 30.2 Å². The first kappa shape index (κ1) is 18.0. The van der Waals surface area contributed by atoms with Crippen molar-refractivity contribution >= 4 is 16.7 Å². The van der Waals surface area contributed by atoms with E-state index >= 15 is 0 Å². The molecule has 0 heterocycles. The van der Waals surface area contributed by atoms with Crippen LogP contribution in [0.1, 0.15) is 15.9 Å². The van der Waals surface area contributed by atoms with Crippen molar-refractivity contribution in [1.29, 1.82) is 0 Å². The highest BCUT2D eigenvalue weighted by atomic mass is 19.1. The first-order chi connectivity index (χ1) is 12.6. The third kappa shape index (κ3) is 4.45. The molecule has 3 aromatic rings. The molecule has 0 aliphatic rings. The highest BCUT2D eigenvalue weighted by molar-refractivity contribution is 6.07. The van der Waals surface area contributed by atoms with Gasteiger partial charge < -0.3 is 15.7 Å². The number of fused-ring (bicyclic) bond motifs is 1. The number of aliphatic hydroxyl groups is 1. The molecule has 0 saturated heterocycles. The van der Waals surface area contributed by atoms with Crippen LogP contribution in [-0.2, 0) is 6.54 Å². The quantitative estimate of drug-likeness (QED) is 0.613. The summed E-state index contributed by atoms with van der Waals surface area (Å²) in [4.78, 5) is 12.4. The van der Waals surface area contributed by atoms with Gasteiger partial charge in [-0.1, -0.05) is 54.6 Å². The topological polar surface area (TPSA) is 61.4 Å². The monoisotopic (exact) mass is 352 g/mol. The van der Waals surface area contributed by atoms with E-state index in [0.717, 1.165) is 5.56 Å². The van der Waals surface area contributed by atoms with Crippen LogP contribution in [0.2, 0.25) is 0 Å². The number of carbonyl (C=O) groups excluding carboxylic acids is 1. The van der Waals surface area contributed by atoms with E-state index in [-0.39, 0.29) is 18.3 Å². The van der Waals surface area contributed by atoms with Crippen LogP contribution in [0, 0.1) is 5.82 Å². The molecular formula is C21H21FN2O2. The first-order valence-electron chi connectivity index (χ1n) is 8.53. The molecule has 0 radical (unpaired) electrons. The molecule has 26 heavy (non-hydrogen) atoms. The molecule has 1 atom stereocenters. The van der Waals surface area contributed by atoms with Gasteiger partial charge in [0.2, 0.25) is 0 Å². The summed E-state index contributed by atoms with van der Waals surface area (Å²) >= 11 is 0. The molecule has 3 N–H and O–H groups in total. The highest BCUT2D eigenvalue weighted by Crippen LogP contribution is 2.21. The van der Waals surface area contributed by atoms with Gasteiger partial charge in [-0.05, 0) is 23.1 Å². The predicted octanol–water partition coefficient (Wildman–Crippen LogP) is 2.86. The fourth-order valence-electron chi connectivity index (χ4n) is 2.82. The molecule has 0 aliphatic carbocycles. The van der Waals surface area contributed by atoms with E-state index in [4.69, 9.17) is 0 Å². The van der Waals surface area contributed by atoms with Gasteiger partial charge in [0.25, 0.3) is 5.91 Å². The summed E-state index contributed by atoms with van der Waals surface area (Å²) in [6, 6.07) is 19.5. The largest absolute Gasteiger partial charge is 0.390 e. The van der Waals surface area contributed by atoms with Gasteiger partial charge in [0.05, 0.1) is 6.10 Å². The van der Waals surface area contributed by atoms with E-state index in [0.29, 0.717) is 29.4 Å². The van der Waals surface area contributed by atoms with Crippen molar-refractivity contribution in [3.63, 3.8) is 0 Å². The summed E-state index contributed by atoms with van der Waals surface area (Å²) in [5.74, 6) is -0.689. The van der Waals surface area contributed by atoms with Crippen LogP contribution in [0.25, 0.3) is 10.8 Å². The summed E-state index contributed by atoms with van der Waals surface area (Å²) in [6.07, 6.45) is -0.714. The normalized spacial score (nSPS) is 12.1. The van der Waals surface area contributed by atoms with Gasteiger partial charge in [0.1, 0.15) is 5.82 Å². The van der Waals surface area contributed by atoms with Gasteiger partial charge in [0, 0.05) is 30.6 Å². The molecule has 0 fully saturated rings. The molecule has 134 valence electrons. The second kappa shape index (κ2) is 8.56. The Bertz CT molecular complexity index is 884. The Balaban J connectivity index is 1.53. The lowest BCUT2D eigenvalue weighted by Gasteiger charge is -2.14. The van der Waals surface area contributed by atoms with E-state index in [1.165, 1.54) is 12.1 Å². The van der Waals surface area contributed by atoms with Crippen LogP contribution < -0.4 is 10.6 Å². The minimum atomic E-state index is -0.714. The fourth-order valence-corrected chi connectivity index (χ4v) is 2.82. The Labute approximate surface area is 151 Å². The number of hydrogen-bond donors (Lipinski definition) is 3. The van der Waals surface area contributed by atoms with Crippen molar-refractivity contribution < 1.29 is 14.3 Å². The molecule has 3 aromatic carbocycles. The Morgan fingerprint density at radius 2 is 1.62 bits per heavy atom. The lowest BCUT2D eigenvalue weighted by atomic mass is 10.0. The molecule has 0 aromatic heterocycles. The van der Waals surface area contributed by atoms with Crippen LogP contribution in [0.15, 0.2) is 66.7 Å². The molecule has 5 heteroatoms. The lowest BCUT2D eigenvalue weighted by Crippen LogP contribution is -2.38. The third-order valence-corrected chi connectivity index (χ3v) is 4.17. The van der Waals surface area contributed by atoms with Crippen LogP contribution in [0.3, 0.4) is 0 Å². The van der Waals surface area contributed by atoms with E-state index < -0.39 is 6.10 Å². The second-order valence-corrected chi connectivity index (χ2v) is 6.12. The van der Waals surface area contributed by atoms with Gasteiger partial charge in [0.15, 0.2) is 0 Å². The molecule has 4 nitrogen and oxygen atoms in total. The maximum absolute atomic E-state index is 13.8. The summed E-state index contributed by atoms with van der Waals surface area (Å²) in [6.45, 7) is 1.13. The van der Waals surface area contributed by atoms with Crippen molar-refractivity contribution in [1.82, 2.24) is 10.6 Å². The van der Waals surface area contributed by atoms with Crippen molar-refractivity contribution in [3.8, 4) is 0 Å².